The van der Waals surface area contributed by atoms with E-state index in [4.69, 9.17) is 14.6 Å². The number of likely N-dealkylation sites (tertiary alicyclic amines) is 1. The third-order valence-corrected chi connectivity index (χ3v) is 3.44. The van der Waals surface area contributed by atoms with Crippen molar-refractivity contribution in [3.05, 3.63) is 0 Å². The molecule has 1 heterocycles. The van der Waals surface area contributed by atoms with Crippen LogP contribution in [0.2, 0.25) is 0 Å². The Balaban J connectivity index is 2.22. The number of carbonyl (C=O) groups excluding carboxylic acids is 1. The summed E-state index contributed by atoms with van der Waals surface area (Å²) in [7, 11) is 1.60. The monoisotopic (exact) mass is 288 g/mol. The molecule has 2 unspecified atom stereocenters. The van der Waals surface area contributed by atoms with Crippen LogP contribution in [0.4, 0.5) is 4.79 Å². The van der Waals surface area contributed by atoms with Crippen LogP contribution in [0.1, 0.15) is 19.8 Å². The molecular weight excluding hydrogens is 264 g/mol. The zero-order chi connectivity index (χ0) is 15.0. The maximum Gasteiger partial charge on any atom is 0.317 e. The lowest BCUT2D eigenvalue weighted by molar-refractivity contribution is -0.143. The minimum absolute atomic E-state index is 0.0562. The van der Waals surface area contributed by atoms with Crippen molar-refractivity contribution in [3.8, 4) is 0 Å². The van der Waals surface area contributed by atoms with E-state index in [1.807, 2.05) is 6.92 Å². The molecule has 0 saturated carbocycles. The number of ether oxygens (including phenoxy) is 2. The molecule has 7 heteroatoms. The molecule has 0 aliphatic carbocycles. The lowest BCUT2D eigenvalue weighted by Gasteiger charge is -2.36. The van der Waals surface area contributed by atoms with E-state index in [2.05, 4.69) is 5.32 Å². The molecule has 7 nitrogen and oxygen atoms in total. The maximum atomic E-state index is 12.0. The second kappa shape index (κ2) is 8.76. The van der Waals surface area contributed by atoms with E-state index >= 15 is 0 Å². The summed E-state index contributed by atoms with van der Waals surface area (Å²) in [6.45, 7) is 4.28. The molecule has 0 bridgehead atoms. The molecule has 116 valence electrons. The quantitative estimate of drug-likeness (QED) is 0.668. The summed E-state index contributed by atoms with van der Waals surface area (Å²) in [5.41, 5.74) is 0. The standard InChI is InChI=1S/C13H24N2O5/c1-10-9-11(12(16)17)3-5-15(10)13(18)14-4-6-20-8-7-19-2/h10-11H,3-9H2,1-2H3,(H,14,18)(H,16,17). The van der Waals surface area contributed by atoms with Gasteiger partial charge in [-0.2, -0.15) is 0 Å². The Labute approximate surface area is 119 Å². The number of rotatable bonds is 7. The van der Waals surface area contributed by atoms with E-state index in [-0.39, 0.29) is 18.0 Å². The van der Waals surface area contributed by atoms with Crippen molar-refractivity contribution < 1.29 is 24.2 Å². The summed E-state index contributed by atoms with van der Waals surface area (Å²) < 4.78 is 10.1. The van der Waals surface area contributed by atoms with E-state index in [9.17, 15) is 9.59 Å². The molecule has 20 heavy (non-hydrogen) atoms. The first kappa shape index (κ1) is 16.7. The molecule has 0 spiro atoms. The highest BCUT2D eigenvalue weighted by Gasteiger charge is 2.31. The first-order chi connectivity index (χ1) is 9.56. The Morgan fingerprint density at radius 2 is 2.10 bits per heavy atom. The lowest BCUT2D eigenvalue weighted by atomic mass is 9.92. The fraction of sp³-hybridized carbons (Fsp3) is 0.846. The van der Waals surface area contributed by atoms with Crippen molar-refractivity contribution in [2.75, 3.05) is 40.0 Å². The molecule has 1 saturated heterocycles. The highest BCUT2D eigenvalue weighted by molar-refractivity contribution is 5.75. The van der Waals surface area contributed by atoms with Crippen LogP contribution in [-0.4, -0.2) is 68.1 Å². The van der Waals surface area contributed by atoms with Gasteiger partial charge >= 0.3 is 12.0 Å². The molecule has 0 aromatic heterocycles. The Bertz CT molecular complexity index is 324. The molecule has 1 fully saturated rings. The molecule has 0 radical (unpaired) electrons. The van der Waals surface area contributed by atoms with Gasteiger partial charge in [-0.05, 0) is 19.8 Å². The second-order valence-electron chi connectivity index (χ2n) is 4.94. The Hall–Kier alpha value is -1.34. The summed E-state index contributed by atoms with van der Waals surface area (Å²) >= 11 is 0. The van der Waals surface area contributed by atoms with Crippen LogP contribution in [0.5, 0.6) is 0 Å². The number of carbonyl (C=O) groups is 2. The van der Waals surface area contributed by atoms with Crippen LogP contribution in [0.25, 0.3) is 0 Å². The van der Waals surface area contributed by atoms with Gasteiger partial charge in [0.2, 0.25) is 0 Å². The van der Waals surface area contributed by atoms with Crippen LogP contribution >= 0.6 is 0 Å². The number of aliphatic carboxylic acids is 1. The molecule has 1 aliphatic rings. The van der Waals surface area contributed by atoms with Crippen molar-refractivity contribution in [2.45, 2.75) is 25.8 Å². The number of urea groups is 1. The molecule has 1 rings (SSSR count). The zero-order valence-corrected chi connectivity index (χ0v) is 12.1. The fourth-order valence-electron chi connectivity index (χ4n) is 2.27. The van der Waals surface area contributed by atoms with Gasteiger partial charge in [-0.1, -0.05) is 0 Å². The number of methoxy groups -OCH3 is 1. The average Bonchev–Trinajstić information content (AvgIpc) is 2.42. The summed E-state index contributed by atoms with van der Waals surface area (Å²) in [6, 6.07) is -0.212. The van der Waals surface area contributed by atoms with Gasteiger partial charge in [-0.3, -0.25) is 4.79 Å². The highest BCUT2D eigenvalue weighted by Crippen LogP contribution is 2.22. The number of carboxylic acids is 1. The van der Waals surface area contributed by atoms with Crippen molar-refractivity contribution in [1.29, 1.82) is 0 Å². The third kappa shape index (κ3) is 5.34. The van der Waals surface area contributed by atoms with Crippen LogP contribution in [0.3, 0.4) is 0 Å². The van der Waals surface area contributed by atoms with Crippen molar-refractivity contribution in [2.24, 2.45) is 5.92 Å². The van der Waals surface area contributed by atoms with Crippen LogP contribution < -0.4 is 5.32 Å². The van der Waals surface area contributed by atoms with Gasteiger partial charge < -0.3 is 24.8 Å². The number of amides is 2. The maximum absolute atomic E-state index is 12.0. The number of nitrogens with zero attached hydrogens (tertiary/aromatic N) is 1. The summed E-state index contributed by atoms with van der Waals surface area (Å²) in [4.78, 5) is 24.6. The topological polar surface area (TPSA) is 88.1 Å². The van der Waals surface area contributed by atoms with E-state index in [0.717, 1.165) is 0 Å². The second-order valence-corrected chi connectivity index (χ2v) is 4.94. The minimum atomic E-state index is -0.775. The molecular formula is C13H24N2O5. The van der Waals surface area contributed by atoms with Gasteiger partial charge in [-0.25, -0.2) is 4.79 Å². The number of hydrogen-bond donors (Lipinski definition) is 2. The SMILES string of the molecule is COCCOCCNC(=O)N1CCC(C(=O)O)CC1C. The summed E-state index contributed by atoms with van der Waals surface area (Å²) in [6.07, 6.45) is 1.02. The zero-order valence-electron chi connectivity index (χ0n) is 12.1. The molecule has 0 aromatic carbocycles. The van der Waals surface area contributed by atoms with Crippen LogP contribution in [0.15, 0.2) is 0 Å². The van der Waals surface area contributed by atoms with Gasteiger partial charge in [0.05, 0.1) is 25.7 Å². The normalized spacial score (nSPS) is 22.6. The predicted molar refractivity (Wildman–Crippen MR) is 72.6 cm³/mol. The number of carboxylic acid groups (broad SMARTS) is 1. The number of hydrogen-bond acceptors (Lipinski definition) is 4. The van der Waals surface area contributed by atoms with Gasteiger partial charge in [-0.15, -0.1) is 0 Å². The predicted octanol–water partition coefficient (Wildman–Crippen LogP) is 0.544. The largest absolute Gasteiger partial charge is 0.481 e. The van der Waals surface area contributed by atoms with Gasteiger partial charge in [0.15, 0.2) is 0 Å². The first-order valence-corrected chi connectivity index (χ1v) is 6.90. The smallest absolute Gasteiger partial charge is 0.317 e. The van der Waals surface area contributed by atoms with E-state index in [1.54, 1.807) is 12.0 Å². The number of nitrogens with one attached hydrogen (secondary N) is 1. The highest BCUT2D eigenvalue weighted by atomic mass is 16.5. The van der Waals surface area contributed by atoms with Crippen LogP contribution in [-0.2, 0) is 14.3 Å². The average molecular weight is 288 g/mol. The minimum Gasteiger partial charge on any atom is -0.481 e. The molecule has 0 aromatic rings. The van der Waals surface area contributed by atoms with E-state index < -0.39 is 5.97 Å². The fourth-order valence-corrected chi connectivity index (χ4v) is 2.27. The van der Waals surface area contributed by atoms with Gasteiger partial charge in [0.25, 0.3) is 0 Å². The Morgan fingerprint density at radius 1 is 1.35 bits per heavy atom. The van der Waals surface area contributed by atoms with Crippen molar-refractivity contribution in [1.82, 2.24) is 10.2 Å². The van der Waals surface area contributed by atoms with Crippen LogP contribution in [0, 0.1) is 5.92 Å². The summed E-state index contributed by atoms with van der Waals surface area (Å²) in [5, 5.41) is 11.8. The van der Waals surface area contributed by atoms with E-state index in [1.165, 1.54) is 0 Å². The van der Waals surface area contributed by atoms with Crippen molar-refractivity contribution >= 4 is 12.0 Å². The van der Waals surface area contributed by atoms with E-state index in [0.29, 0.717) is 45.8 Å². The van der Waals surface area contributed by atoms with Gasteiger partial charge in [0.1, 0.15) is 0 Å². The lowest BCUT2D eigenvalue weighted by Crippen LogP contribution is -2.50. The molecule has 2 amide bonds. The molecule has 2 atom stereocenters. The Morgan fingerprint density at radius 3 is 2.70 bits per heavy atom. The number of piperidine rings is 1. The Kier molecular flexibility index (Phi) is 7.32. The van der Waals surface area contributed by atoms with Crippen molar-refractivity contribution in [3.63, 3.8) is 0 Å². The first-order valence-electron chi connectivity index (χ1n) is 6.90. The summed E-state index contributed by atoms with van der Waals surface area (Å²) in [5.74, 6) is -1.12. The molecule has 2 N–H and O–H groups in total. The third-order valence-electron chi connectivity index (χ3n) is 3.44. The van der Waals surface area contributed by atoms with Gasteiger partial charge in [0, 0.05) is 26.2 Å². The molecule has 1 aliphatic heterocycles.